The van der Waals surface area contributed by atoms with E-state index in [2.05, 4.69) is 20.4 Å². The van der Waals surface area contributed by atoms with Crippen LogP contribution in [-0.2, 0) is 11.2 Å². The molecule has 0 aliphatic rings. The minimum atomic E-state index is -0.542. The third kappa shape index (κ3) is 4.87. The van der Waals surface area contributed by atoms with Crippen LogP contribution in [0.3, 0.4) is 0 Å². The standard InChI is InChI=1S/C22H18Cl2FN5OS/c1-12-16(9-14-5-3-4-6-17(14)23)13(2)30-21(26-12)28-22(29-30)32-11-20(31)27-15-7-8-19(25)18(24)10-15/h3-8,10H,9,11H2,1-2H3,(H,27,31). The first-order valence-electron chi connectivity index (χ1n) is 9.66. The highest BCUT2D eigenvalue weighted by atomic mass is 35.5. The first-order chi connectivity index (χ1) is 15.3. The van der Waals surface area contributed by atoms with E-state index in [4.69, 9.17) is 23.2 Å². The molecule has 2 heterocycles. The highest BCUT2D eigenvalue weighted by Gasteiger charge is 2.16. The molecule has 2 aromatic heterocycles. The molecule has 1 N–H and O–H groups in total. The molecule has 0 saturated carbocycles. The third-order valence-corrected chi connectivity index (χ3v) is 6.39. The smallest absolute Gasteiger partial charge is 0.253 e. The van der Waals surface area contributed by atoms with Crippen LogP contribution in [0, 0.1) is 19.7 Å². The van der Waals surface area contributed by atoms with E-state index >= 15 is 0 Å². The number of halogens is 3. The van der Waals surface area contributed by atoms with Crippen molar-refractivity contribution >= 4 is 52.3 Å². The number of carbonyl (C=O) groups excluding carboxylic acids is 1. The fourth-order valence-corrected chi connectivity index (χ4v) is 4.24. The summed E-state index contributed by atoms with van der Waals surface area (Å²) in [6, 6.07) is 11.7. The SMILES string of the molecule is Cc1nc2nc(SCC(=O)Nc3ccc(F)c(Cl)c3)nn2c(C)c1Cc1ccccc1Cl. The van der Waals surface area contributed by atoms with Crippen molar-refractivity contribution in [3.05, 3.63) is 80.8 Å². The third-order valence-electron chi connectivity index (χ3n) is 4.89. The van der Waals surface area contributed by atoms with Crippen molar-refractivity contribution < 1.29 is 9.18 Å². The zero-order valence-electron chi connectivity index (χ0n) is 17.2. The molecule has 0 unspecified atom stereocenters. The maximum absolute atomic E-state index is 13.3. The number of hydrogen-bond donors (Lipinski definition) is 1. The number of benzene rings is 2. The molecule has 1 amide bonds. The quantitative estimate of drug-likeness (QED) is 0.361. The average Bonchev–Trinajstić information content (AvgIpc) is 3.16. The van der Waals surface area contributed by atoms with Gasteiger partial charge in [0.05, 0.1) is 10.8 Å². The molecule has 0 atom stereocenters. The number of nitrogens with one attached hydrogen (secondary N) is 1. The van der Waals surface area contributed by atoms with Gasteiger partial charge in [0.1, 0.15) is 5.82 Å². The lowest BCUT2D eigenvalue weighted by Gasteiger charge is -2.11. The number of anilines is 1. The molecule has 0 bridgehead atoms. The number of rotatable bonds is 6. The van der Waals surface area contributed by atoms with Crippen LogP contribution in [0.5, 0.6) is 0 Å². The second-order valence-electron chi connectivity index (χ2n) is 7.10. The van der Waals surface area contributed by atoms with Crippen molar-refractivity contribution in [1.82, 2.24) is 19.6 Å². The van der Waals surface area contributed by atoms with E-state index in [9.17, 15) is 9.18 Å². The Morgan fingerprint density at radius 3 is 2.66 bits per heavy atom. The van der Waals surface area contributed by atoms with Crippen LogP contribution >= 0.6 is 35.0 Å². The Morgan fingerprint density at radius 1 is 1.12 bits per heavy atom. The molecule has 164 valence electrons. The van der Waals surface area contributed by atoms with Gasteiger partial charge < -0.3 is 5.32 Å². The van der Waals surface area contributed by atoms with Gasteiger partial charge >= 0.3 is 0 Å². The van der Waals surface area contributed by atoms with E-state index in [0.29, 0.717) is 28.1 Å². The lowest BCUT2D eigenvalue weighted by molar-refractivity contribution is -0.113. The van der Waals surface area contributed by atoms with Crippen molar-refractivity contribution in [2.45, 2.75) is 25.4 Å². The van der Waals surface area contributed by atoms with Gasteiger partial charge in [0.2, 0.25) is 11.1 Å². The largest absolute Gasteiger partial charge is 0.325 e. The van der Waals surface area contributed by atoms with Crippen LogP contribution in [0.2, 0.25) is 10.0 Å². The maximum atomic E-state index is 13.3. The highest BCUT2D eigenvalue weighted by molar-refractivity contribution is 7.99. The number of nitrogens with zero attached hydrogens (tertiary/aromatic N) is 4. The van der Waals surface area contributed by atoms with Crippen molar-refractivity contribution in [3.8, 4) is 0 Å². The van der Waals surface area contributed by atoms with E-state index in [1.807, 2.05) is 38.1 Å². The average molecular weight is 490 g/mol. The highest BCUT2D eigenvalue weighted by Crippen LogP contribution is 2.24. The monoisotopic (exact) mass is 489 g/mol. The van der Waals surface area contributed by atoms with Crippen LogP contribution in [-0.4, -0.2) is 31.2 Å². The summed E-state index contributed by atoms with van der Waals surface area (Å²) in [4.78, 5) is 21.3. The van der Waals surface area contributed by atoms with Crippen molar-refractivity contribution in [3.63, 3.8) is 0 Å². The van der Waals surface area contributed by atoms with Gasteiger partial charge in [-0.1, -0.05) is 53.2 Å². The Kier molecular flexibility index (Phi) is 6.64. The number of aryl methyl sites for hydroxylation is 2. The normalized spacial score (nSPS) is 11.2. The van der Waals surface area contributed by atoms with E-state index < -0.39 is 5.82 Å². The Hall–Kier alpha value is -2.68. The first kappa shape index (κ1) is 22.5. The predicted molar refractivity (Wildman–Crippen MR) is 125 cm³/mol. The topological polar surface area (TPSA) is 72.2 Å². The number of amides is 1. The molecule has 0 radical (unpaired) electrons. The summed E-state index contributed by atoms with van der Waals surface area (Å²) in [6.07, 6.45) is 0.630. The summed E-state index contributed by atoms with van der Waals surface area (Å²) in [5, 5.41) is 8.26. The number of fused-ring (bicyclic) bond motifs is 1. The summed E-state index contributed by atoms with van der Waals surface area (Å²) in [5.74, 6) is -0.274. The van der Waals surface area contributed by atoms with Crippen LogP contribution in [0.1, 0.15) is 22.5 Å². The zero-order valence-corrected chi connectivity index (χ0v) is 19.5. The first-order valence-corrected chi connectivity index (χ1v) is 11.4. The molecule has 0 aliphatic carbocycles. The Balaban J connectivity index is 1.49. The van der Waals surface area contributed by atoms with Crippen molar-refractivity contribution in [1.29, 1.82) is 0 Å². The Labute approximate surface area is 198 Å². The Morgan fingerprint density at radius 2 is 1.91 bits per heavy atom. The van der Waals surface area contributed by atoms with Gasteiger partial charge in [0, 0.05) is 28.5 Å². The van der Waals surface area contributed by atoms with Crippen LogP contribution in [0.15, 0.2) is 47.6 Å². The molecule has 4 aromatic rings. The summed E-state index contributed by atoms with van der Waals surface area (Å²) in [6.45, 7) is 3.89. The molecular weight excluding hydrogens is 472 g/mol. The molecule has 6 nitrogen and oxygen atoms in total. The van der Waals surface area contributed by atoms with Crippen LogP contribution in [0.25, 0.3) is 5.78 Å². The maximum Gasteiger partial charge on any atom is 0.253 e. The van der Waals surface area contributed by atoms with Gasteiger partial charge in [0.15, 0.2) is 0 Å². The second kappa shape index (κ2) is 9.44. The minimum absolute atomic E-state index is 0.0537. The summed E-state index contributed by atoms with van der Waals surface area (Å²) in [7, 11) is 0. The van der Waals surface area contributed by atoms with Gasteiger partial charge in [-0.25, -0.2) is 13.9 Å². The number of carbonyl (C=O) groups is 1. The summed E-state index contributed by atoms with van der Waals surface area (Å²) in [5.41, 5.74) is 4.22. The van der Waals surface area contributed by atoms with Gasteiger partial charge in [-0.2, -0.15) is 4.98 Å². The molecule has 0 fully saturated rings. The van der Waals surface area contributed by atoms with Crippen molar-refractivity contribution in [2.24, 2.45) is 0 Å². The predicted octanol–water partition coefficient (Wildman–Crippen LogP) is 5.51. The number of thioether (sulfide) groups is 1. The lowest BCUT2D eigenvalue weighted by Crippen LogP contribution is -2.14. The molecule has 0 saturated heterocycles. The van der Waals surface area contributed by atoms with Crippen molar-refractivity contribution in [2.75, 3.05) is 11.1 Å². The molecule has 32 heavy (non-hydrogen) atoms. The molecule has 4 rings (SSSR count). The van der Waals surface area contributed by atoms with E-state index in [1.54, 1.807) is 4.52 Å². The fourth-order valence-electron chi connectivity index (χ4n) is 3.24. The van der Waals surface area contributed by atoms with Gasteiger partial charge in [-0.3, -0.25) is 4.79 Å². The molecule has 2 aromatic carbocycles. The van der Waals surface area contributed by atoms with Gasteiger partial charge in [-0.05, 0) is 49.2 Å². The lowest BCUT2D eigenvalue weighted by atomic mass is 10.0. The van der Waals surface area contributed by atoms with Crippen LogP contribution < -0.4 is 5.32 Å². The van der Waals surface area contributed by atoms with Gasteiger partial charge in [0.25, 0.3) is 5.78 Å². The number of hydrogen-bond acceptors (Lipinski definition) is 5. The molecule has 10 heteroatoms. The van der Waals surface area contributed by atoms with Crippen LogP contribution in [0.4, 0.5) is 10.1 Å². The van der Waals surface area contributed by atoms with E-state index in [1.165, 1.54) is 30.0 Å². The fraction of sp³-hybridized carbons (Fsp3) is 0.182. The molecular formula is C22H18Cl2FN5OS. The summed E-state index contributed by atoms with van der Waals surface area (Å²) < 4.78 is 14.9. The van der Waals surface area contributed by atoms with E-state index in [-0.39, 0.29) is 16.7 Å². The Bertz CT molecular complexity index is 1330. The second-order valence-corrected chi connectivity index (χ2v) is 8.86. The van der Waals surface area contributed by atoms with E-state index in [0.717, 1.165) is 22.5 Å². The number of aromatic nitrogens is 4. The minimum Gasteiger partial charge on any atom is -0.325 e. The molecule has 0 aliphatic heterocycles. The zero-order chi connectivity index (χ0) is 22.8. The van der Waals surface area contributed by atoms with Gasteiger partial charge in [-0.15, -0.1) is 5.10 Å². The summed E-state index contributed by atoms with van der Waals surface area (Å²) >= 11 is 13.3. The molecule has 0 spiro atoms.